The topological polar surface area (TPSA) is 69.7 Å². The van der Waals surface area contributed by atoms with Crippen LogP contribution in [-0.4, -0.2) is 49.8 Å². The molecule has 2 aromatic rings. The van der Waals surface area contributed by atoms with Gasteiger partial charge in [0.15, 0.2) is 0 Å². The van der Waals surface area contributed by atoms with E-state index in [0.29, 0.717) is 12.6 Å². The Morgan fingerprint density at radius 2 is 1.67 bits per heavy atom. The van der Waals surface area contributed by atoms with Crippen molar-refractivity contribution in [2.75, 3.05) is 26.2 Å². The van der Waals surface area contributed by atoms with Crippen LogP contribution in [0.5, 0.6) is 0 Å². The standard InChI is InChI=1S/C19H19ClF3N3O3S/c20-17-7-6-15(12-16(17)19(21,22)23)30(28,29)26-10-8-25(9-11-26)18(27)24-13-14-4-2-1-3-5-14/h1-7,12H,8-11,13H2,(H,24,27). The third-order valence-corrected chi connectivity index (χ3v) is 6.92. The van der Waals surface area contributed by atoms with Gasteiger partial charge in [-0.25, -0.2) is 13.2 Å². The number of hydrogen-bond donors (Lipinski definition) is 1. The van der Waals surface area contributed by atoms with Crippen LogP contribution in [0.25, 0.3) is 0 Å². The first-order chi connectivity index (χ1) is 14.1. The highest BCUT2D eigenvalue weighted by Gasteiger charge is 2.36. The Hall–Kier alpha value is -2.30. The smallest absolute Gasteiger partial charge is 0.334 e. The number of rotatable bonds is 4. The first kappa shape index (κ1) is 22.4. The van der Waals surface area contributed by atoms with Crippen molar-refractivity contribution >= 4 is 27.7 Å². The highest BCUT2D eigenvalue weighted by atomic mass is 35.5. The van der Waals surface area contributed by atoms with Gasteiger partial charge in [-0.1, -0.05) is 41.9 Å². The number of alkyl halides is 3. The summed E-state index contributed by atoms with van der Waals surface area (Å²) in [5.41, 5.74) is -0.278. The zero-order valence-electron chi connectivity index (χ0n) is 15.7. The van der Waals surface area contributed by atoms with Gasteiger partial charge < -0.3 is 10.2 Å². The van der Waals surface area contributed by atoms with Crippen LogP contribution in [0.15, 0.2) is 53.4 Å². The van der Waals surface area contributed by atoms with Gasteiger partial charge in [0.2, 0.25) is 10.0 Å². The highest BCUT2D eigenvalue weighted by Crippen LogP contribution is 2.36. The molecule has 0 bridgehead atoms. The minimum absolute atomic E-state index is 0.0228. The van der Waals surface area contributed by atoms with Crippen molar-refractivity contribution in [3.63, 3.8) is 0 Å². The van der Waals surface area contributed by atoms with Crippen molar-refractivity contribution in [3.05, 3.63) is 64.7 Å². The van der Waals surface area contributed by atoms with Crippen molar-refractivity contribution in [3.8, 4) is 0 Å². The SMILES string of the molecule is O=C(NCc1ccccc1)N1CCN(S(=O)(=O)c2ccc(Cl)c(C(F)(F)F)c2)CC1. The summed E-state index contributed by atoms with van der Waals surface area (Å²) in [7, 11) is -4.15. The van der Waals surface area contributed by atoms with Crippen LogP contribution in [0.2, 0.25) is 5.02 Å². The van der Waals surface area contributed by atoms with Crippen LogP contribution in [0, 0.1) is 0 Å². The van der Waals surface area contributed by atoms with Gasteiger partial charge in [-0.2, -0.15) is 17.5 Å². The summed E-state index contributed by atoms with van der Waals surface area (Å²) in [6, 6.07) is 11.5. The molecule has 162 valence electrons. The first-order valence-electron chi connectivity index (χ1n) is 9.02. The molecule has 1 N–H and O–H groups in total. The maximum Gasteiger partial charge on any atom is 0.417 e. The number of urea groups is 1. The zero-order valence-corrected chi connectivity index (χ0v) is 17.3. The third-order valence-electron chi connectivity index (χ3n) is 4.69. The number of nitrogens with zero attached hydrogens (tertiary/aromatic N) is 2. The molecule has 30 heavy (non-hydrogen) atoms. The summed E-state index contributed by atoms with van der Waals surface area (Å²) >= 11 is 5.57. The van der Waals surface area contributed by atoms with Crippen LogP contribution in [0.4, 0.5) is 18.0 Å². The molecule has 0 radical (unpaired) electrons. The zero-order chi connectivity index (χ0) is 21.9. The number of halogens is 4. The van der Waals surface area contributed by atoms with Crippen molar-refractivity contribution < 1.29 is 26.4 Å². The minimum atomic E-state index is -4.77. The fourth-order valence-electron chi connectivity index (χ4n) is 3.05. The Morgan fingerprint density at radius 3 is 2.27 bits per heavy atom. The number of carbonyl (C=O) groups excluding carboxylic acids is 1. The van der Waals surface area contributed by atoms with Gasteiger partial charge in [-0.05, 0) is 23.8 Å². The largest absolute Gasteiger partial charge is 0.417 e. The number of nitrogens with one attached hydrogen (secondary N) is 1. The van der Waals surface area contributed by atoms with Crippen LogP contribution in [0.3, 0.4) is 0 Å². The Balaban J connectivity index is 1.63. The number of hydrogen-bond acceptors (Lipinski definition) is 3. The second-order valence-electron chi connectivity index (χ2n) is 6.67. The lowest BCUT2D eigenvalue weighted by Gasteiger charge is -2.34. The lowest BCUT2D eigenvalue weighted by molar-refractivity contribution is -0.137. The molecule has 1 aliphatic heterocycles. The van der Waals surface area contributed by atoms with E-state index >= 15 is 0 Å². The molecule has 0 aromatic heterocycles. The van der Waals surface area contributed by atoms with Crippen LogP contribution in [0.1, 0.15) is 11.1 Å². The fraction of sp³-hybridized carbons (Fsp3) is 0.316. The van der Waals surface area contributed by atoms with Gasteiger partial charge in [0.05, 0.1) is 15.5 Å². The molecule has 1 aliphatic rings. The van der Waals surface area contributed by atoms with Crippen molar-refractivity contribution in [2.24, 2.45) is 0 Å². The lowest BCUT2D eigenvalue weighted by Crippen LogP contribution is -2.52. The minimum Gasteiger partial charge on any atom is -0.334 e. The van der Waals surface area contributed by atoms with E-state index < -0.39 is 31.7 Å². The van der Waals surface area contributed by atoms with E-state index in [1.165, 1.54) is 4.90 Å². The summed E-state index contributed by atoms with van der Waals surface area (Å²) in [6.45, 7) is 0.540. The van der Waals surface area contributed by atoms with E-state index in [-0.39, 0.29) is 32.2 Å². The quantitative estimate of drug-likeness (QED) is 0.756. The highest BCUT2D eigenvalue weighted by molar-refractivity contribution is 7.89. The van der Waals surface area contributed by atoms with E-state index in [1.807, 2.05) is 30.3 Å². The van der Waals surface area contributed by atoms with Crippen LogP contribution in [-0.2, 0) is 22.7 Å². The molecule has 1 heterocycles. The molecule has 0 unspecified atom stereocenters. The third kappa shape index (κ3) is 5.05. The monoisotopic (exact) mass is 461 g/mol. The van der Waals surface area contributed by atoms with E-state index in [9.17, 15) is 26.4 Å². The van der Waals surface area contributed by atoms with Crippen LogP contribution < -0.4 is 5.32 Å². The van der Waals surface area contributed by atoms with Gasteiger partial charge in [-0.3, -0.25) is 0 Å². The molecule has 6 nitrogen and oxygen atoms in total. The Bertz CT molecular complexity index is 1010. The lowest BCUT2D eigenvalue weighted by atomic mass is 10.2. The molecule has 2 aromatic carbocycles. The number of sulfonamides is 1. The average Bonchev–Trinajstić information content (AvgIpc) is 2.72. The van der Waals surface area contributed by atoms with Gasteiger partial charge in [-0.15, -0.1) is 0 Å². The molecule has 0 spiro atoms. The Kier molecular flexibility index (Phi) is 6.59. The molecule has 3 rings (SSSR count). The normalized spacial score (nSPS) is 15.8. The molecule has 0 atom stereocenters. The second kappa shape index (κ2) is 8.83. The predicted molar refractivity (Wildman–Crippen MR) is 105 cm³/mol. The van der Waals surface area contributed by atoms with Crippen molar-refractivity contribution in [1.82, 2.24) is 14.5 Å². The molecule has 0 aliphatic carbocycles. The summed E-state index contributed by atoms with van der Waals surface area (Å²) in [6.07, 6.45) is -4.77. The van der Waals surface area contributed by atoms with E-state index in [2.05, 4.69) is 5.32 Å². The van der Waals surface area contributed by atoms with Crippen molar-refractivity contribution in [2.45, 2.75) is 17.6 Å². The summed E-state index contributed by atoms with van der Waals surface area (Å²) in [5.74, 6) is 0. The van der Waals surface area contributed by atoms with Gasteiger partial charge in [0.25, 0.3) is 0 Å². The number of carbonyl (C=O) groups is 1. The summed E-state index contributed by atoms with van der Waals surface area (Å²) < 4.78 is 65.7. The summed E-state index contributed by atoms with van der Waals surface area (Å²) in [4.78, 5) is 13.3. The fourth-order valence-corrected chi connectivity index (χ4v) is 4.72. The van der Waals surface area contributed by atoms with Crippen molar-refractivity contribution in [1.29, 1.82) is 0 Å². The predicted octanol–water partition coefficient (Wildman–Crippen LogP) is 3.57. The maximum atomic E-state index is 13.1. The molecule has 11 heteroatoms. The van der Waals surface area contributed by atoms with E-state index in [4.69, 9.17) is 11.6 Å². The van der Waals surface area contributed by atoms with E-state index in [1.54, 1.807) is 0 Å². The van der Waals surface area contributed by atoms with Gasteiger partial charge >= 0.3 is 12.2 Å². The number of benzene rings is 2. The molecule has 1 saturated heterocycles. The molecule has 2 amide bonds. The summed E-state index contributed by atoms with van der Waals surface area (Å²) in [5, 5.41) is 2.20. The number of piperazine rings is 1. The molecule has 1 fully saturated rings. The molecular formula is C19H19ClF3N3O3S. The van der Waals surface area contributed by atoms with Crippen LogP contribution >= 0.6 is 11.6 Å². The van der Waals surface area contributed by atoms with Gasteiger partial charge in [0.1, 0.15) is 0 Å². The first-order valence-corrected chi connectivity index (χ1v) is 10.8. The second-order valence-corrected chi connectivity index (χ2v) is 9.02. The Morgan fingerprint density at radius 1 is 1.03 bits per heavy atom. The average molecular weight is 462 g/mol. The van der Waals surface area contributed by atoms with Gasteiger partial charge in [0, 0.05) is 32.7 Å². The Labute approximate surface area is 177 Å². The van der Waals surface area contributed by atoms with E-state index in [0.717, 1.165) is 22.0 Å². The molecule has 0 saturated carbocycles. The number of amides is 2. The molecular weight excluding hydrogens is 443 g/mol. The maximum absolute atomic E-state index is 13.1.